The minimum Gasteiger partial charge on any atom is -0.398 e. The molecule has 0 saturated carbocycles. The molecule has 0 aliphatic rings. The van der Waals surface area contributed by atoms with Crippen LogP contribution in [-0.4, -0.2) is 6.21 Å². The topological polar surface area (TPSA) is 75.9 Å². The van der Waals surface area contributed by atoms with Gasteiger partial charge >= 0.3 is 0 Å². The summed E-state index contributed by atoms with van der Waals surface area (Å²) < 4.78 is 0. The first-order valence-electron chi connectivity index (χ1n) is 4.37. The monoisotopic (exact) mass is 179 g/mol. The van der Waals surface area contributed by atoms with Gasteiger partial charge in [-0.2, -0.15) is 0 Å². The Bertz CT molecular complexity index is 269. The molecule has 0 heterocycles. The van der Waals surface area contributed by atoms with Gasteiger partial charge in [0.1, 0.15) is 0 Å². The molecule has 5 N–H and O–H groups in total. The summed E-state index contributed by atoms with van der Waals surface area (Å²) >= 11 is 0. The van der Waals surface area contributed by atoms with Crippen LogP contribution in [0.15, 0.2) is 18.2 Å². The van der Waals surface area contributed by atoms with E-state index in [1.807, 2.05) is 26.0 Å². The van der Waals surface area contributed by atoms with Gasteiger partial charge in [-0.1, -0.05) is 19.9 Å². The van der Waals surface area contributed by atoms with E-state index >= 15 is 0 Å². The van der Waals surface area contributed by atoms with Crippen LogP contribution in [-0.2, 0) is 6.54 Å². The van der Waals surface area contributed by atoms with Crippen LogP contribution in [0.3, 0.4) is 0 Å². The second-order valence-electron chi connectivity index (χ2n) is 2.31. The first-order chi connectivity index (χ1) is 6.27. The third-order valence-corrected chi connectivity index (χ3v) is 1.54. The van der Waals surface area contributed by atoms with Gasteiger partial charge in [0.2, 0.25) is 0 Å². The van der Waals surface area contributed by atoms with Gasteiger partial charge in [0, 0.05) is 24.0 Å². The summed E-state index contributed by atoms with van der Waals surface area (Å²) in [5.74, 6) is 0. The van der Waals surface area contributed by atoms with E-state index in [1.165, 1.54) is 6.21 Å². The van der Waals surface area contributed by atoms with Gasteiger partial charge in [-0.05, 0) is 17.7 Å². The number of rotatable bonds is 2. The number of nitrogens with two attached hydrogens (primary N) is 2. The first kappa shape index (κ1) is 11.6. The molecule has 0 spiro atoms. The molecule has 0 radical (unpaired) electrons. The SMILES string of the molecule is CC.N=Cc1cc(CN)ccc1N. The predicted molar refractivity (Wildman–Crippen MR) is 58.0 cm³/mol. The van der Waals surface area contributed by atoms with Crippen LogP contribution in [0.5, 0.6) is 0 Å². The molecule has 0 unspecified atom stereocenters. The van der Waals surface area contributed by atoms with Crippen molar-refractivity contribution in [3.63, 3.8) is 0 Å². The van der Waals surface area contributed by atoms with Gasteiger partial charge in [0.25, 0.3) is 0 Å². The molecule has 0 aliphatic carbocycles. The summed E-state index contributed by atoms with van der Waals surface area (Å²) in [6.45, 7) is 4.49. The van der Waals surface area contributed by atoms with Crippen LogP contribution in [0.4, 0.5) is 5.69 Å². The van der Waals surface area contributed by atoms with Crippen LogP contribution >= 0.6 is 0 Å². The van der Waals surface area contributed by atoms with E-state index in [2.05, 4.69) is 0 Å². The molecule has 0 fully saturated rings. The van der Waals surface area contributed by atoms with Crippen molar-refractivity contribution in [3.8, 4) is 0 Å². The highest BCUT2D eigenvalue weighted by Crippen LogP contribution is 2.10. The largest absolute Gasteiger partial charge is 0.398 e. The summed E-state index contributed by atoms with van der Waals surface area (Å²) in [5, 5.41) is 7.01. The Kier molecular flexibility index (Phi) is 5.55. The standard InChI is InChI=1S/C8H11N3.C2H6/c9-4-6-1-2-8(11)7(3-6)5-10;1-2/h1-3,5,10H,4,9,11H2;1-2H3. The van der Waals surface area contributed by atoms with Crippen molar-refractivity contribution in [1.29, 1.82) is 5.41 Å². The number of hydrogen-bond donors (Lipinski definition) is 3. The fourth-order valence-corrected chi connectivity index (χ4v) is 0.876. The quantitative estimate of drug-likeness (QED) is 0.478. The minimum atomic E-state index is 0.487. The summed E-state index contributed by atoms with van der Waals surface area (Å²) in [7, 11) is 0. The van der Waals surface area contributed by atoms with Gasteiger partial charge in [-0.3, -0.25) is 0 Å². The first-order valence-corrected chi connectivity index (χ1v) is 4.37. The van der Waals surface area contributed by atoms with Crippen molar-refractivity contribution in [2.24, 2.45) is 5.73 Å². The number of benzene rings is 1. The van der Waals surface area contributed by atoms with E-state index in [0.29, 0.717) is 12.2 Å². The summed E-state index contributed by atoms with van der Waals surface area (Å²) in [6, 6.07) is 5.45. The molecule has 1 aromatic rings. The summed E-state index contributed by atoms with van der Waals surface area (Å²) in [6.07, 6.45) is 1.23. The molecule has 0 aromatic heterocycles. The molecular weight excluding hydrogens is 162 g/mol. The van der Waals surface area contributed by atoms with Crippen molar-refractivity contribution >= 4 is 11.9 Å². The maximum atomic E-state index is 7.01. The molecule has 72 valence electrons. The Morgan fingerprint density at radius 2 is 2.00 bits per heavy atom. The zero-order valence-electron chi connectivity index (χ0n) is 8.17. The van der Waals surface area contributed by atoms with E-state index in [0.717, 1.165) is 11.1 Å². The van der Waals surface area contributed by atoms with Crippen molar-refractivity contribution in [2.45, 2.75) is 20.4 Å². The minimum absolute atomic E-state index is 0.487. The maximum absolute atomic E-state index is 7.01. The van der Waals surface area contributed by atoms with Crippen LogP contribution in [0.25, 0.3) is 0 Å². The van der Waals surface area contributed by atoms with E-state index < -0.39 is 0 Å². The van der Waals surface area contributed by atoms with Gasteiger partial charge in [0.15, 0.2) is 0 Å². The van der Waals surface area contributed by atoms with Crippen LogP contribution in [0.2, 0.25) is 0 Å². The fraction of sp³-hybridized carbons (Fsp3) is 0.300. The van der Waals surface area contributed by atoms with E-state index in [-0.39, 0.29) is 0 Å². The lowest BCUT2D eigenvalue weighted by Crippen LogP contribution is -1.99. The molecule has 0 amide bonds. The normalized spacial score (nSPS) is 8.54. The molecule has 13 heavy (non-hydrogen) atoms. The van der Waals surface area contributed by atoms with Gasteiger partial charge < -0.3 is 16.9 Å². The van der Waals surface area contributed by atoms with Crippen LogP contribution in [0, 0.1) is 5.41 Å². The highest BCUT2D eigenvalue weighted by Gasteiger charge is 1.95. The Morgan fingerprint density at radius 3 is 2.46 bits per heavy atom. The summed E-state index contributed by atoms with van der Waals surface area (Å²) in [5.41, 5.74) is 13.3. The lowest BCUT2D eigenvalue weighted by atomic mass is 10.1. The van der Waals surface area contributed by atoms with E-state index in [9.17, 15) is 0 Å². The van der Waals surface area contributed by atoms with Crippen LogP contribution < -0.4 is 11.5 Å². The molecule has 1 rings (SSSR count). The highest BCUT2D eigenvalue weighted by molar-refractivity contribution is 5.85. The van der Waals surface area contributed by atoms with Gasteiger partial charge in [-0.25, -0.2) is 0 Å². The predicted octanol–water partition coefficient (Wildman–Crippen LogP) is 1.75. The molecule has 3 nitrogen and oxygen atoms in total. The second kappa shape index (κ2) is 6.20. The maximum Gasteiger partial charge on any atom is 0.0403 e. The fourth-order valence-electron chi connectivity index (χ4n) is 0.876. The Hall–Kier alpha value is -1.35. The number of nitrogens with one attached hydrogen (secondary N) is 1. The highest BCUT2D eigenvalue weighted by atomic mass is 14.6. The average molecular weight is 179 g/mol. The lowest BCUT2D eigenvalue weighted by Gasteiger charge is -2.01. The molecular formula is C10H17N3. The second-order valence-corrected chi connectivity index (χ2v) is 2.31. The number of anilines is 1. The Labute approximate surface area is 79.3 Å². The smallest absolute Gasteiger partial charge is 0.0403 e. The molecule has 0 aliphatic heterocycles. The van der Waals surface area contributed by atoms with Crippen molar-refractivity contribution in [1.82, 2.24) is 0 Å². The van der Waals surface area contributed by atoms with E-state index in [4.69, 9.17) is 16.9 Å². The third kappa shape index (κ3) is 3.25. The molecule has 1 aromatic carbocycles. The van der Waals surface area contributed by atoms with Crippen molar-refractivity contribution in [2.75, 3.05) is 5.73 Å². The Morgan fingerprint density at radius 1 is 1.38 bits per heavy atom. The summed E-state index contributed by atoms with van der Waals surface area (Å²) in [4.78, 5) is 0. The number of hydrogen-bond acceptors (Lipinski definition) is 3. The molecule has 3 heteroatoms. The van der Waals surface area contributed by atoms with E-state index in [1.54, 1.807) is 6.07 Å². The van der Waals surface area contributed by atoms with Crippen LogP contribution in [0.1, 0.15) is 25.0 Å². The zero-order valence-corrected chi connectivity index (χ0v) is 8.17. The zero-order chi connectivity index (χ0) is 10.3. The lowest BCUT2D eigenvalue weighted by molar-refractivity contribution is 1.07. The molecule has 0 bridgehead atoms. The average Bonchev–Trinajstić information content (AvgIpc) is 2.22. The van der Waals surface area contributed by atoms with Gasteiger partial charge in [0.05, 0.1) is 0 Å². The van der Waals surface area contributed by atoms with Crippen molar-refractivity contribution < 1.29 is 0 Å². The number of nitrogen functional groups attached to an aromatic ring is 1. The van der Waals surface area contributed by atoms with Gasteiger partial charge in [-0.15, -0.1) is 0 Å². The Balaban J connectivity index is 0.000000671. The third-order valence-electron chi connectivity index (χ3n) is 1.54. The molecule has 0 atom stereocenters. The molecule has 0 saturated heterocycles. The van der Waals surface area contributed by atoms with Crippen molar-refractivity contribution in [3.05, 3.63) is 29.3 Å².